The first-order valence-electron chi connectivity index (χ1n) is 2.12. The van der Waals surface area contributed by atoms with E-state index in [1.54, 1.807) is 0 Å². The summed E-state index contributed by atoms with van der Waals surface area (Å²) in [5.41, 5.74) is 0. The Bertz CT molecular complexity index is 11.1. The molecule has 1 heteroatoms. The number of rotatable bonds is 2. The third kappa shape index (κ3) is 3.96. The quantitative estimate of drug-likeness (QED) is 0.448. The fraction of sp³-hybridized carbons (Fsp3) is 1.00. The standard InChI is InChI=1S/C4H11N/c1-3-5-4-2/h5H,3-4H2,1-2H3/q+1. The van der Waals surface area contributed by atoms with E-state index in [0.29, 0.717) is 0 Å². The highest BCUT2D eigenvalue weighted by molar-refractivity contribution is 3.95. The fourth-order valence-electron chi connectivity index (χ4n) is 0.250. The van der Waals surface area contributed by atoms with E-state index in [1.165, 1.54) is 0 Å². The van der Waals surface area contributed by atoms with Crippen molar-refractivity contribution in [3.8, 4) is 0 Å². The second kappa shape index (κ2) is 3.96. The van der Waals surface area contributed by atoms with Crippen molar-refractivity contribution >= 4 is 0 Å². The van der Waals surface area contributed by atoms with Gasteiger partial charge in [-0.05, 0) is 13.8 Å². The monoisotopic (exact) mass is 73.1 g/mol. The van der Waals surface area contributed by atoms with Gasteiger partial charge in [0.15, 0.2) is 0 Å². The van der Waals surface area contributed by atoms with Gasteiger partial charge in [-0.15, -0.1) is 0 Å². The van der Waals surface area contributed by atoms with Crippen LogP contribution < -0.4 is 5.32 Å². The van der Waals surface area contributed by atoms with Gasteiger partial charge in [0.1, 0.15) is 13.1 Å². The van der Waals surface area contributed by atoms with E-state index in [2.05, 4.69) is 19.2 Å². The van der Waals surface area contributed by atoms with Crippen molar-refractivity contribution in [3.63, 3.8) is 0 Å². The first-order chi connectivity index (χ1) is 2.41. The van der Waals surface area contributed by atoms with E-state index in [4.69, 9.17) is 0 Å². The lowest BCUT2D eigenvalue weighted by atomic mass is 10.7. The maximum absolute atomic E-state index is 3.11. The van der Waals surface area contributed by atoms with Gasteiger partial charge in [0.25, 0.3) is 0 Å². The maximum atomic E-state index is 3.11. The molecule has 0 saturated heterocycles. The predicted molar refractivity (Wildman–Crippen MR) is 22.0 cm³/mol. The second-order valence-corrected chi connectivity index (χ2v) is 0.957. The average Bonchev–Trinajstić information content (AvgIpc) is 1.41. The van der Waals surface area contributed by atoms with Gasteiger partial charge in [0, 0.05) is 0 Å². The van der Waals surface area contributed by atoms with Crippen LogP contribution in [0.15, 0.2) is 0 Å². The minimum atomic E-state index is 1.09. The van der Waals surface area contributed by atoms with E-state index in [-0.39, 0.29) is 0 Å². The topological polar surface area (TPSA) is 15.6 Å². The Morgan fingerprint density at radius 3 is 1.60 bits per heavy atom. The summed E-state index contributed by atoms with van der Waals surface area (Å²) in [5.74, 6) is 0. The molecule has 31 valence electrons. The molecule has 0 heterocycles. The van der Waals surface area contributed by atoms with Crippen LogP contribution in [0.3, 0.4) is 0 Å². The molecule has 0 amide bonds. The molecule has 0 aromatic carbocycles. The Hall–Kier alpha value is -0.0400. The molecule has 1 nitrogen and oxygen atoms in total. The van der Waals surface area contributed by atoms with Gasteiger partial charge in [-0.25, -0.2) is 0 Å². The largest absolute Gasteiger partial charge is 0.183 e. The highest BCUT2D eigenvalue weighted by atomic mass is 14.8. The molecule has 0 atom stereocenters. The summed E-state index contributed by atoms with van der Waals surface area (Å²) in [6.07, 6.45) is 0. The first kappa shape index (κ1) is 4.96. The summed E-state index contributed by atoms with van der Waals surface area (Å²) < 4.78 is 0. The Morgan fingerprint density at radius 2 is 1.60 bits per heavy atom. The molecule has 0 aromatic heterocycles. The number of hydrogen-bond donors (Lipinski definition) is 1. The van der Waals surface area contributed by atoms with Crippen LogP contribution in [0.4, 0.5) is 0 Å². The molecule has 0 aliphatic carbocycles. The normalized spacial score (nSPS) is 8.40. The Kier molecular flexibility index (Phi) is 3.93. The molecule has 0 bridgehead atoms. The zero-order chi connectivity index (χ0) is 4.12. The van der Waals surface area contributed by atoms with Crippen LogP contribution in [0, 0.1) is 0 Å². The minimum absolute atomic E-state index is 1.09. The van der Waals surface area contributed by atoms with Crippen molar-refractivity contribution < 1.29 is 5.32 Å². The van der Waals surface area contributed by atoms with Crippen molar-refractivity contribution in [2.75, 3.05) is 13.1 Å². The average molecular weight is 73.1 g/mol. The lowest BCUT2D eigenvalue weighted by Crippen LogP contribution is -2.82. The maximum Gasteiger partial charge on any atom is 0.117 e. The van der Waals surface area contributed by atoms with Gasteiger partial charge in [0.2, 0.25) is 0 Å². The number of nitrogens with one attached hydrogen (secondary N) is 1. The molecule has 0 rings (SSSR count). The van der Waals surface area contributed by atoms with Gasteiger partial charge in [-0.2, -0.15) is 5.32 Å². The molecular formula is C4H11N+. The third-order valence-electron chi connectivity index (χ3n) is 0.500. The molecule has 0 aliphatic heterocycles. The van der Waals surface area contributed by atoms with E-state index in [9.17, 15) is 0 Å². The van der Waals surface area contributed by atoms with Gasteiger partial charge in [0.05, 0.1) is 0 Å². The van der Waals surface area contributed by atoms with Crippen molar-refractivity contribution in [2.45, 2.75) is 13.8 Å². The smallest absolute Gasteiger partial charge is 0.117 e. The molecule has 0 unspecified atom stereocenters. The van der Waals surface area contributed by atoms with E-state index >= 15 is 0 Å². The summed E-state index contributed by atoms with van der Waals surface area (Å²) in [6, 6.07) is 0. The van der Waals surface area contributed by atoms with Crippen molar-refractivity contribution in [1.82, 2.24) is 0 Å². The molecule has 1 N–H and O–H groups in total. The van der Waals surface area contributed by atoms with Gasteiger partial charge in [-0.1, -0.05) is 0 Å². The van der Waals surface area contributed by atoms with Gasteiger partial charge >= 0.3 is 0 Å². The summed E-state index contributed by atoms with van der Waals surface area (Å²) in [5, 5.41) is 3.11. The Morgan fingerprint density at radius 1 is 1.20 bits per heavy atom. The highest BCUT2D eigenvalue weighted by Crippen LogP contribution is 1.29. The molecule has 0 saturated carbocycles. The summed E-state index contributed by atoms with van der Waals surface area (Å²) >= 11 is 0. The van der Waals surface area contributed by atoms with Gasteiger partial charge in [-0.3, -0.25) is 0 Å². The molecule has 0 spiro atoms. The molecule has 0 fully saturated rings. The van der Waals surface area contributed by atoms with E-state index < -0.39 is 0 Å². The van der Waals surface area contributed by atoms with Crippen LogP contribution in [0.2, 0.25) is 0 Å². The molecule has 0 aromatic rings. The first-order valence-corrected chi connectivity index (χ1v) is 2.12. The molecule has 1 radical (unpaired) electrons. The SMILES string of the molecule is CC[NH+]CC. The molecular weight excluding hydrogens is 62.1 g/mol. The zero-order valence-electron chi connectivity index (χ0n) is 3.91. The second-order valence-electron chi connectivity index (χ2n) is 0.957. The summed E-state index contributed by atoms with van der Waals surface area (Å²) in [4.78, 5) is 0. The zero-order valence-corrected chi connectivity index (χ0v) is 3.91. The fourth-order valence-corrected chi connectivity index (χ4v) is 0.250. The molecule has 0 aliphatic rings. The lowest BCUT2D eigenvalue weighted by Gasteiger charge is -1.74. The molecule has 5 heavy (non-hydrogen) atoms. The van der Waals surface area contributed by atoms with Crippen molar-refractivity contribution in [3.05, 3.63) is 0 Å². The third-order valence-corrected chi connectivity index (χ3v) is 0.500. The Labute approximate surface area is 33.4 Å². The van der Waals surface area contributed by atoms with Crippen molar-refractivity contribution in [2.24, 2.45) is 0 Å². The highest BCUT2D eigenvalue weighted by Gasteiger charge is 1.74. The number of hydrogen-bond acceptors (Lipinski definition) is 1. The van der Waals surface area contributed by atoms with Crippen LogP contribution in [0.5, 0.6) is 0 Å². The summed E-state index contributed by atoms with van der Waals surface area (Å²) in [6.45, 7) is 6.39. The van der Waals surface area contributed by atoms with E-state index in [0.717, 1.165) is 13.1 Å². The van der Waals surface area contributed by atoms with Crippen LogP contribution in [0.1, 0.15) is 13.8 Å². The van der Waals surface area contributed by atoms with Gasteiger partial charge < -0.3 is 0 Å². The lowest BCUT2D eigenvalue weighted by molar-refractivity contribution is -0.648. The van der Waals surface area contributed by atoms with Crippen LogP contribution >= 0.6 is 0 Å². The van der Waals surface area contributed by atoms with Crippen molar-refractivity contribution in [1.29, 1.82) is 0 Å². The van der Waals surface area contributed by atoms with Crippen LogP contribution in [0.25, 0.3) is 0 Å². The Balaban J connectivity index is 2.19. The minimum Gasteiger partial charge on any atom is -0.183 e. The van der Waals surface area contributed by atoms with E-state index in [1.807, 2.05) is 0 Å². The van der Waals surface area contributed by atoms with Crippen LogP contribution in [-0.2, 0) is 0 Å². The summed E-state index contributed by atoms with van der Waals surface area (Å²) in [7, 11) is 0. The van der Waals surface area contributed by atoms with Crippen LogP contribution in [-0.4, -0.2) is 13.1 Å². The predicted octanol–water partition coefficient (Wildman–Crippen LogP) is -0.625.